The number of benzene rings is 1. The second-order valence-corrected chi connectivity index (χ2v) is 7.26. The second-order valence-electron chi connectivity index (χ2n) is 6.31. The molecule has 29 heavy (non-hydrogen) atoms. The Morgan fingerprint density at radius 1 is 1.17 bits per heavy atom. The molecule has 3 N–H and O–H groups in total. The summed E-state index contributed by atoms with van der Waals surface area (Å²) in [4.78, 5) is 5.22. The highest BCUT2D eigenvalue weighted by Gasteiger charge is 2.28. The van der Waals surface area contributed by atoms with Crippen LogP contribution >= 0.6 is 35.3 Å². The van der Waals surface area contributed by atoms with Gasteiger partial charge < -0.3 is 20.5 Å². The van der Waals surface area contributed by atoms with E-state index in [0.29, 0.717) is 18.1 Å². The lowest BCUT2D eigenvalue weighted by Crippen LogP contribution is -2.44. The molecule has 0 saturated carbocycles. The Labute approximate surface area is 189 Å². The Kier molecular flexibility index (Phi) is 10.2. The van der Waals surface area contributed by atoms with Crippen molar-refractivity contribution in [2.24, 2.45) is 4.99 Å². The third kappa shape index (κ3) is 8.79. The number of ether oxygens (including phenoxy) is 1. The van der Waals surface area contributed by atoms with E-state index < -0.39 is 18.4 Å². The van der Waals surface area contributed by atoms with Crippen molar-refractivity contribution in [1.29, 1.82) is 0 Å². The predicted molar refractivity (Wildman–Crippen MR) is 120 cm³/mol. The zero-order valence-corrected chi connectivity index (χ0v) is 19.3. The number of aliphatic imine (C=N–C) groups is 1. The van der Waals surface area contributed by atoms with Gasteiger partial charge in [0.25, 0.3) is 0 Å². The van der Waals surface area contributed by atoms with Crippen LogP contribution in [0.5, 0.6) is 5.75 Å². The molecular formula is C19H25F3IN3O2S. The van der Waals surface area contributed by atoms with Crippen LogP contribution in [0.15, 0.2) is 46.8 Å². The van der Waals surface area contributed by atoms with Crippen molar-refractivity contribution in [3.05, 3.63) is 52.2 Å². The molecule has 0 aliphatic carbocycles. The Hall–Kier alpha value is -1.53. The molecule has 2 rings (SSSR count). The van der Waals surface area contributed by atoms with Gasteiger partial charge >= 0.3 is 6.18 Å². The molecule has 0 spiro atoms. The van der Waals surface area contributed by atoms with Crippen molar-refractivity contribution in [3.8, 4) is 5.75 Å². The molecule has 0 saturated heterocycles. The molecule has 0 bridgehead atoms. The first-order chi connectivity index (χ1) is 13.2. The third-order valence-electron chi connectivity index (χ3n) is 3.77. The van der Waals surface area contributed by atoms with Gasteiger partial charge in [0, 0.05) is 17.0 Å². The summed E-state index contributed by atoms with van der Waals surface area (Å²) in [6, 6.07) is 10.2. The Bertz CT molecular complexity index is 768. The molecule has 5 nitrogen and oxygen atoms in total. The zero-order chi connectivity index (χ0) is 20.6. The van der Waals surface area contributed by atoms with Gasteiger partial charge in [0.05, 0.1) is 13.1 Å². The summed E-state index contributed by atoms with van der Waals surface area (Å²) in [7, 11) is 0. The minimum absolute atomic E-state index is 0. The fraction of sp³-hybridized carbons (Fsp3) is 0.421. The van der Waals surface area contributed by atoms with Gasteiger partial charge in [-0.25, -0.2) is 4.99 Å². The van der Waals surface area contributed by atoms with E-state index >= 15 is 0 Å². The maximum absolute atomic E-state index is 12.4. The van der Waals surface area contributed by atoms with Gasteiger partial charge in [0.15, 0.2) is 12.6 Å². The van der Waals surface area contributed by atoms with Crippen LogP contribution in [-0.2, 0) is 12.1 Å². The first kappa shape index (κ1) is 25.5. The number of aliphatic hydroxyl groups is 1. The third-order valence-corrected chi connectivity index (χ3v) is 4.89. The lowest BCUT2D eigenvalue weighted by atomic mass is 10.1. The largest absolute Gasteiger partial charge is 0.484 e. The number of guanidine groups is 1. The molecule has 0 aliphatic heterocycles. The van der Waals surface area contributed by atoms with Crippen molar-refractivity contribution in [1.82, 2.24) is 10.6 Å². The van der Waals surface area contributed by atoms with E-state index in [2.05, 4.69) is 15.6 Å². The average Bonchev–Trinajstić information content (AvgIpc) is 3.18. The molecule has 1 aromatic heterocycles. The zero-order valence-electron chi connectivity index (χ0n) is 16.1. The maximum atomic E-state index is 12.4. The summed E-state index contributed by atoms with van der Waals surface area (Å²) >= 11 is 1.46. The number of para-hydroxylation sites is 1. The molecule has 0 fully saturated rings. The van der Waals surface area contributed by atoms with Crippen molar-refractivity contribution < 1.29 is 23.0 Å². The fourth-order valence-electron chi connectivity index (χ4n) is 2.37. The van der Waals surface area contributed by atoms with E-state index in [-0.39, 0.29) is 42.8 Å². The number of nitrogens with zero attached hydrogens (tertiary/aromatic N) is 1. The lowest BCUT2D eigenvalue weighted by molar-refractivity contribution is -0.153. The summed E-state index contributed by atoms with van der Waals surface area (Å²) in [6.07, 6.45) is -4.40. The average molecular weight is 543 g/mol. The lowest BCUT2D eigenvalue weighted by Gasteiger charge is -2.23. The van der Waals surface area contributed by atoms with Crippen LogP contribution in [0.1, 0.15) is 24.3 Å². The van der Waals surface area contributed by atoms with Gasteiger partial charge in [0.2, 0.25) is 0 Å². The number of hydrogen-bond donors (Lipinski definition) is 3. The number of nitrogens with one attached hydrogen (secondary N) is 2. The van der Waals surface area contributed by atoms with Crippen molar-refractivity contribution in [2.45, 2.75) is 32.2 Å². The molecule has 0 aliphatic rings. The van der Waals surface area contributed by atoms with Crippen LogP contribution in [0.4, 0.5) is 13.2 Å². The Balaban J connectivity index is 0.00000420. The smallest absolute Gasteiger partial charge is 0.422 e. The van der Waals surface area contributed by atoms with Gasteiger partial charge in [0.1, 0.15) is 11.4 Å². The molecule has 2 aromatic rings. The molecule has 10 heteroatoms. The van der Waals surface area contributed by atoms with E-state index in [1.165, 1.54) is 17.4 Å². The molecule has 1 atom stereocenters. The van der Waals surface area contributed by atoms with E-state index in [4.69, 9.17) is 4.74 Å². The first-order valence-corrected chi connectivity index (χ1v) is 9.65. The molecule has 1 heterocycles. The number of alkyl halides is 3. The number of thiophene rings is 1. The van der Waals surface area contributed by atoms with Crippen LogP contribution in [0.2, 0.25) is 0 Å². The summed E-state index contributed by atoms with van der Waals surface area (Å²) in [5.41, 5.74) is -0.535. The van der Waals surface area contributed by atoms with Crippen molar-refractivity contribution in [3.63, 3.8) is 0 Å². The van der Waals surface area contributed by atoms with E-state index in [0.717, 1.165) is 4.88 Å². The highest BCUT2D eigenvalue weighted by atomic mass is 127. The highest BCUT2D eigenvalue weighted by Crippen LogP contribution is 2.25. The number of hydrogen-bond acceptors (Lipinski definition) is 4. The minimum atomic E-state index is -4.40. The summed E-state index contributed by atoms with van der Waals surface area (Å²) in [5.74, 6) is 0.593. The van der Waals surface area contributed by atoms with E-state index in [1.807, 2.05) is 24.4 Å². The van der Waals surface area contributed by atoms with Crippen molar-refractivity contribution in [2.75, 3.05) is 19.7 Å². The molecule has 1 unspecified atom stereocenters. The highest BCUT2D eigenvalue weighted by molar-refractivity contribution is 14.0. The molecular weight excluding hydrogens is 518 g/mol. The summed E-state index contributed by atoms with van der Waals surface area (Å²) in [5, 5.41) is 18.6. The predicted octanol–water partition coefficient (Wildman–Crippen LogP) is 4.27. The number of halogens is 4. The molecule has 1 aromatic carbocycles. The quantitative estimate of drug-likeness (QED) is 0.265. The topological polar surface area (TPSA) is 65.9 Å². The van der Waals surface area contributed by atoms with Crippen LogP contribution in [-0.4, -0.2) is 36.9 Å². The molecule has 0 radical (unpaired) electrons. The normalized spacial score (nSPS) is 13.9. The fourth-order valence-corrected chi connectivity index (χ4v) is 3.16. The molecule has 162 valence electrons. The van der Waals surface area contributed by atoms with Gasteiger partial charge in [-0.05, 0) is 31.4 Å². The van der Waals surface area contributed by atoms with Gasteiger partial charge in [-0.15, -0.1) is 35.3 Å². The summed E-state index contributed by atoms with van der Waals surface area (Å²) < 4.78 is 42.1. The van der Waals surface area contributed by atoms with Crippen LogP contribution in [0.25, 0.3) is 0 Å². The molecule has 0 amide bonds. The SMILES string of the molecule is CCNC(=NCc1ccccc1OCC(F)(F)F)NCC(C)(O)c1cccs1.I. The van der Waals surface area contributed by atoms with Gasteiger partial charge in [-0.3, -0.25) is 0 Å². The monoisotopic (exact) mass is 543 g/mol. The Morgan fingerprint density at radius 2 is 1.90 bits per heavy atom. The summed E-state index contributed by atoms with van der Waals surface area (Å²) in [6.45, 7) is 3.20. The van der Waals surface area contributed by atoms with Crippen LogP contribution < -0.4 is 15.4 Å². The first-order valence-electron chi connectivity index (χ1n) is 8.77. The Morgan fingerprint density at radius 3 is 2.52 bits per heavy atom. The second kappa shape index (κ2) is 11.6. The standard InChI is InChI=1S/C19H24F3N3O2S.HI/c1-3-23-17(25-12-18(2,26)16-9-6-10-28-16)24-11-14-7-4-5-8-15(14)27-13-19(20,21)22;/h4-10,26H,3,11-13H2,1-2H3,(H2,23,24,25);1H. The minimum Gasteiger partial charge on any atom is -0.484 e. The van der Waals surface area contributed by atoms with Crippen LogP contribution in [0.3, 0.4) is 0 Å². The van der Waals surface area contributed by atoms with Gasteiger partial charge in [-0.2, -0.15) is 13.2 Å². The number of rotatable bonds is 8. The van der Waals surface area contributed by atoms with Crippen LogP contribution in [0, 0.1) is 0 Å². The maximum Gasteiger partial charge on any atom is 0.422 e. The van der Waals surface area contributed by atoms with E-state index in [1.54, 1.807) is 25.1 Å². The van der Waals surface area contributed by atoms with Crippen molar-refractivity contribution >= 4 is 41.3 Å². The van der Waals surface area contributed by atoms with Gasteiger partial charge in [-0.1, -0.05) is 24.3 Å². The van der Waals surface area contributed by atoms with E-state index in [9.17, 15) is 18.3 Å².